The molecule has 0 spiro atoms. The Bertz CT molecular complexity index is 1430. The van der Waals surface area contributed by atoms with Gasteiger partial charge in [-0.3, -0.25) is 9.24 Å². The molecule has 2 heterocycles. The van der Waals surface area contributed by atoms with Crippen LogP contribution in [0.25, 0.3) is 5.69 Å². The first-order valence-electron chi connectivity index (χ1n) is 10.6. The lowest BCUT2D eigenvalue weighted by atomic mass is 10.2. The second kappa shape index (κ2) is 8.01. The number of anilines is 1. The van der Waals surface area contributed by atoms with Crippen LogP contribution in [0.1, 0.15) is 16.8 Å². The first-order valence-corrected chi connectivity index (χ1v) is 12.2. The zero-order valence-corrected chi connectivity index (χ0v) is 19.4. The lowest BCUT2D eigenvalue weighted by molar-refractivity contribution is 0.552. The largest absolute Gasteiger partial charge is 0.316 e. The molecule has 0 fully saturated rings. The van der Waals surface area contributed by atoms with E-state index in [2.05, 4.69) is 10.2 Å². The van der Waals surface area contributed by atoms with Gasteiger partial charge in [-0.25, -0.2) is 14.1 Å². The van der Waals surface area contributed by atoms with Gasteiger partial charge in [0.25, 0.3) is 7.44 Å². The summed E-state index contributed by atoms with van der Waals surface area (Å²) in [4.78, 5) is 4.80. The molecule has 0 radical (unpaired) electrons. The van der Waals surface area contributed by atoms with E-state index in [1.54, 1.807) is 34.6 Å². The number of hydrogen-bond acceptors (Lipinski definition) is 3. The molecule has 0 aliphatic carbocycles. The van der Waals surface area contributed by atoms with Crippen molar-refractivity contribution < 1.29 is 8.96 Å². The minimum Gasteiger partial charge on any atom is -0.316 e. The zero-order chi connectivity index (χ0) is 23.2. The number of aliphatic imine (C=N–C) groups is 1. The third kappa shape index (κ3) is 3.45. The summed E-state index contributed by atoms with van der Waals surface area (Å²) in [6.45, 7) is 3.77. The molecule has 0 bridgehead atoms. The maximum Gasteiger partial charge on any atom is 0.296 e. The van der Waals surface area contributed by atoms with E-state index < -0.39 is 13.3 Å². The molecule has 6 nitrogen and oxygen atoms in total. The van der Waals surface area contributed by atoms with Gasteiger partial charge in [-0.2, -0.15) is 5.10 Å². The molecule has 4 aromatic rings. The van der Waals surface area contributed by atoms with Crippen LogP contribution < -0.4 is 10.4 Å². The van der Waals surface area contributed by atoms with Crippen LogP contribution in [0, 0.1) is 19.7 Å². The Labute approximate surface area is 191 Å². The first kappa shape index (κ1) is 21.2. The van der Waals surface area contributed by atoms with Crippen molar-refractivity contribution in [2.75, 3.05) is 12.1 Å². The molecule has 0 saturated heterocycles. The fraction of sp³-hybridized carbons (Fsp3) is 0.120. The van der Waals surface area contributed by atoms with Crippen molar-refractivity contribution in [1.29, 1.82) is 0 Å². The third-order valence-corrected chi connectivity index (χ3v) is 8.49. The van der Waals surface area contributed by atoms with Crippen LogP contribution in [0.5, 0.6) is 0 Å². The van der Waals surface area contributed by atoms with Gasteiger partial charge in [-0.15, -0.1) is 0 Å². The summed E-state index contributed by atoms with van der Waals surface area (Å²) in [6.07, 6.45) is 0. The van der Waals surface area contributed by atoms with Crippen LogP contribution in [-0.4, -0.2) is 27.3 Å². The highest BCUT2D eigenvalue weighted by atomic mass is 31.2. The lowest BCUT2D eigenvalue weighted by Gasteiger charge is -2.35. The zero-order valence-electron chi connectivity index (χ0n) is 18.5. The van der Waals surface area contributed by atoms with Crippen molar-refractivity contribution in [3.05, 3.63) is 102 Å². The molecule has 0 amide bonds. The monoisotopic (exact) mass is 459 g/mol. The molecule has 3 aromatic carbocycles. The van der Waals surface area contributed by atoms with Gasteiger partial charge in [0, 0.05) is 12.7 Å². The van der Waals surface area contributed by atoms with Crippen LogP contribution in [0.15, 0.2) is 83.9 Å². The van der Waals surface area contributed by atoms with Crippen molar-refractivity contribution in [1.82, 2.24) is 14.5 Å². The Morgan fingerprint density at radius 2 is 1.58 bits per heavy atom. The Hall–Kier alpha value is -3.70. The molecular formula is C25H23FN5OP. The van der Waals surface area contributed by atoms with Gasteiger partial charge in [-0.1, -0.05) is 48.5 Å². The summed E-state index contributed by atoms with van der Waals surface area (Å²) in [5, 5.41) is 8.48. The predicted octanol–water partition coefficient (Wildman–Crippen LogP) is 5.58. The highest BCUT2D eigenvalue weighted by Crippen LogP contribution is 2.54. The molecule has 166 valence electrons. The molecule has 33 heavy (non-hydrogen) atoms. The Morgan fingerprint density at radius 3 is 2.30 bits per heavy atom. The van der Waals surface area contributed by atoms with Crippen LogP contribution in [0.4, 0.5) is 15.9 Å². The molecule has 1 aliphatic heterocycles. The normalized spacial score (nSPS) is 17.5. The number of rotatable bonds is 4. The van der Waals surface area contributed by atoms with Crippen LogP contribution in [-0.2, 0) is 4.57 Å². The van der Waals surface area contributed by atoms with Crippen LogP contribution >= 0.6 is 7.44 Å². The van der Waals surface area contributed by atoms with Crippen molar-refractivity contribution in [3.63, 3.8) is 0 Å². The van der Waals surface area contributed by atoms with E-state index in [4.69, 9.17) is 4.99 Å². The average Bonchev–Trinajstić information content (AvgIpc) is 3.16. The Kier molecular flexibility index (Phi) is 5.14. The SMILES string of the molecule is Cc1ccccc1N[P@]1(=O)c2c(C)nn(-c3ccccc3)c2N=C(c2ccccc2F)N1C. The number of para-hydroxylation sites is 2. The van der Waals surface area contributed by atoms with E-state index in [0.717, 1.165) is 16.9 Å². The van der Waals surface area contributed by atoms with E-state index in [1.807, 2.05) is 68.4 Å². The number of nitrogens with one attached hydrogen (secondary N) is 1. The second-order valence-electron chi connectivity index (χ2n) is 7.95. The minimum absolute atomic E-state index is 0.274. The summed E-state index contributed by atoms with van der Waals surface area (Å²) < 4.78 is 32.9. The molecule has 8 heteroatoms. The fourth-order valence-electron chi connectivity index (χ4n) is 4.04. The molecule has 1 aliphatic rings. The molecule has 1 N–H and O–H groups in total. The first-order chi connectivity index (χ1) is 15.9. The topological polar surface area (TPSA) is 62.5 Å². The number of nitrogens with zero attached hydrogens (tertiary/aromatic N) is 4. The van der Waals surface area contributed by atoms with E-state index in [1.165, 1.54) is 6.07 Å². The van der Waals surface area contributed by atoms with E-state index in [0.29, 0.717) is 16.8 Å². The number of benzene rings is 3. The summed E-state index contributed by atoms with van der Waals surface area (Å²) in [7, 11) is -1.84. The second-order valence-corrected chi connectivity index (χ2v) is 10.4. The minimum atomic E-state index is -3.52. The van der Waals surface area contributed by atoms with Gasteiger partial charge in [0.2, 0.25) is 0 Å². The number of halogens is 1. The highest BCUT2D eigenvalue weighted by molar-refractivity contribution is 7.72. The average molecular weight is 459 g/mol. The van der Waals surface area contributed by atoms with Gasteiger partial charge < -0.3 is 5.09 Å². The van der Waals surface area contributed by atoms with Gasteiger partial charge in [-0.05, 0) is 49.7 Å². The predicted molar refractivity (Wildman–Crippen MR) is 131 cm³/mol. The van der Waals surface area contributed by atoms with Crippen LogP contribution in [0.2, 0.25) is 0 Å². The van der Waals surface area contributed by atoms with Crippen LogP contribution in [0.3, 0.4) is 0 Å². The highest BCUT2D eigenvalue weighted by Gasteiger charge is 2.43. The molecule has 1 atom stereocenters. The lowest BCUT2D eigenvalue weighted by Crippen LogP contribution is -2.37. The third-order valence-electron chi connectivity index (χ3n) is 5.78. The maximum atomic E-state index is 14.9. The standard InChI is InChI=1S/C25H23FN5OP/c1-17-11-7-10-16-22(17)29-33(32)23-18(2)28-31(19-12-5-4-6-13-19)25(23)27-24(30(33)3)20-14-8-9-15-21(20)26/h4-16H,1-3H3,(H,29,32)/t33-/m1/s1. The van der Waals surface area contributed by atoms with Crippen molar-refractivity contribution >= 4 is 30.1 Å². The smallest absolute Gasteiger partial charge is 0.296 e. The quantitative estimate of drug-likeness (QED) is 0.405. The molecular weight excluding hydrogens is 436 g/mol. The summed E-state index contributed by atoms with van der Waals surface area (Å²) in [6, 6.07) is 23.6. The van der Waals surface area contributed by atoms with Gasteiger partial charge in [0.05, 0.1) is 16.9 Å². The molecule has 1 aromatic heterocycles. The van der Waals surface area contributed by atoms with Gasteiger partial charge in [0.15, 0.2) is 5.82 Å². The Balaban J connectivity index is 1.79. The van der Waals surface area contributed by atoms with Crippen molar-refractivity contribution in [3.8, 4) is 5.69 Å². The summed E-state index contributed by atoms with van der Waals surface area (Å²) in [5.74, 6) is 0.276. The van der Waals surface area contributed by atoms with Gasteiger partial charge in [0.1, 0.15) is 17.0 Å². The van der Waals surface area contributed by atoms with E-state index in [9.17, 15) is 8.96 Å². The van der Waals surface area contributed by atoms with Gasteiger partial charge >= 0.3 is 0 Å². The summed E-state index contributed by atoms with van der Waals surface area (Å²) in [5.41, 5.74) is 3.34. The Morgan fingerprint density at radius 1 is 0.909 bits per heavy atom. The number of aryl methyl sites for hydroxylation is 2. The number of fused-ring (bicyclic) bond motifs is 1. The molecule has 0 unspecified atom stereocenters. The van der Waals surface area contributed by atoms with Crippen molar-refractivity contribution in [2.24, 2.45) is 4.99 Å². The van der Waals surface area contributed by atoms with E-state index >= 15 is 0 Å². The van der Waals surface area contributed by atoms with E-state index in [-0.39, 0.29) is 11.4 Å². The molecule has 5 rings (SSSR count). The summed E-state index contributed by atoms with van der Waals surface area (Å²) >= 11 is 0. The maximum absolute atomic E-state index is 14.9. The fourth-order valence-corrected chi connectivity index (χ4v) is 6.49. The number of aromatic nitrogens is 2. The number of amidine groups is 1. The van der Waals surface area contributed by atoms with Crippen molar-refractivity contribution in [2.45, 2.75) is 13.8 Å². The molecule has 0 saturated carbocycles. The number of hydrogen-bond donors (Lipinski definition) is 1.